The number of hydrogen-bond donors (Lipinski definition) is 3. The summed E-state index contributed by atoms with van der Waals surface area (Å²) in [7, 11) is 3.71. The number of hydrogen-bond acceptors (Lipinski definition) is 5. The Hall–Kier alpha value is -3.10. The second-order valence-corrected chi connectivity index (χ2v) is 5.31. The van der Waals surface area contributed by atoms with Gasteiger partial charge in [0.15, 0.2) is 0 Å². The molecule has 2 amide bonds. The average Bonchev–Trinajstić information content (AvgIpc) is 3.02. The molecule has 2 rings (SSSR count). The molecule has 0 unspecified atom stereocenters. The van der Waals surface area contributed by atoms with Crippen molar-refractivity contribution in [3.8, 4) is 5.69 Å². The van der Waals surface area contributed by atoms with E-state index in [9.17, 15) is 9.59 Å². The van der Waals surface area contributed by atoms with E-state index in [4.69, 9.17) is 5.11 Å². The second kappa shape index (κ2) is 7.95. The van der Waals surface area contributed by atoms with E-state index in [1.54, 1.807) is 34.1 Å². The van der Waals surface area contributed by atoms with Gasteiger partial charge in [-0.3, -0.25) is 4.79 Å². The molecule has 0 aliphatic carbocycles. The number of carbonyl (C=O) groups excluding carboxylic acids is 1. The van der Waals surface area contributed by atoms with Gasteiger partial charge in [-0.25, -0.2) is 9.48 Å². The van der Waals surface area contributed by atoms with Crippen LogP contribution in [-0.2, 0) is 4.79 Å². The first kappa shape index (κ1) is 17.3. The molecule has 1 aromatic carbocycles. The molecule has 0 aliphatic rings. The highest BCUT2D eigenvalue weighted by Gasteiger charge is 2.06. The number of rotatable bonds is 7. The third-order valence-electron chi connectivity index (χ3n) is 3.10. The van der Waals surface area contributed by atoms with Crippen molar-refractivity contribution in [3.63, 3.8) is 0 Å². The Balaban J connectivity index is 1.94. The van der Waals surface area contributed by atoms with E-state index in [0.717, 1.165) is 5.69 Å². The average molecular weight is 332 g/mol. The number of carboxylic acid groups (broad SMARTS) is 1. The molecule has 24 heavy (non-hydrogen) atoms. The Kier molecular flexibility index (Phi) is 5.72. The standard InChI is InChI=1S/C15H20N6O3/c1-20(2)14-17-10-21(19-14)12-6-3-5-11(9-12)18-15(24)16-8-4-7-13(22)23/h3,5-6,9-10H,4,7-8H2,1-2H3,(H,22,23)(H2,16,18,24). The van der Waals surface area contributed by atoms with Crippen molar-refractivity contribution in [2.45, 2.75) is 12.8 Å². The zero-order chi connectivity index (χ0) is 17.5. The molecule has 0 radical (unpaired) electrons. The van der Waals surface area contributed by atoms with Gasteiger partial charge in [-0.15, -0.1) is 5.10 Å². The monoisotopic (exact) mass is 332 g/mol. The molecule has 1 aromatic heterocycles. The number of aliphatic carboxylic acids is 1. The highest BCUT2D eigenvalue weighted by Crippen LogP contribution is 2.15. The summed E-state index contributed by atoms with van der Waals surface area (Å²) in [6, 6.07) is 6.79. The van der Waals surface area contributed by atoms with E-state index < -0.39 is 5.97 Å². The Bertz CT molecular complexity index is 713. The predicted octanol–water partition coefficient (Wildman–Crippen LogP) is 1.32. The number of anilines is 2. The first-order valence-electron chi connectivity index (χ1n) is 7.42. The molecule has 9 heteroatoms. The summed E-state index contributed by atoms with van der Waals surface area (Å²) in [6.45, 7) is 0.299. The predicted molar refractivity (Wildman–Crippen MR) is 89.6 cm³/mol. The van der Waals surface area contributed by atoms with Crippen LogP contribution in [0.1, 0.15) is 12.8 Å². The van der Waals surface area contributed by atoms with Crippen molar-refractivity contribution >= 4 is 23.6 Å². The highest BCUT2D eigenvalue weighted by molar-refractivity contribution is 5.89. The fourth-order valence-corrected chi connectivity index (χ4v) is 1.93. The van der Waals surface area contributed by atoms with Crippen LogP contribution in [0.5, 0.6) is 0 Å². The molecule has 128 valence electrons. The minimum absolute atomic E-state index is 0.0241. The van der Waals surface area contributed by atoms with Crippen LogP contribution < -0.4 is 15.5 Å². The Morgan fingerprint density at radius 3 is 2.79 bits per heavy atom. The van der Waals surface area contributed by atoms with E-state index in [2.05, 4.69) is 20.7 Å². The summed E-state index contributed by atoms with van der Waals surface area (Å²) < 4.78 is 1.62. The quantitative estimate of drug-likeness (QED) is 0.659. The molecule has 0 fully saturated rings. The third-order valence-corrected chi connectivity index (χ3v) is 3.10. The molecule has 1 heterocycles. The first-order valence-corrected chi connectivity index (χ1v) is 7.42. The highest BCUT2D eigenvalue weighted by atomic mass is 16.4. The van der Waals surface area contributed by atoms with Gasteiger partial charge in [-0.2, -0.15) is 4.98 Å². The van der Waals surface area contributed by atoms with E-state index in [-0.39, 0.29) is 12.5 Å². The van der Waals surface area contributed by atoms with Crippen LogP contribution in [0, 0.1) is 0 Å². The van der Waals surface area contributed by atoms with Crippen molar-refractivity contribution in [1.82, 2.24) is 20.1 Å². The number of nitrogens with one attached hydrogen (secondary N) is 2. The van der Waals surface area contributed by atoms with E-state index >= 15 is 0 Å². The van der Waals surface area contributed by atoms with Crippen molar-refractivity contribution in [2.75, 3.05) is 30.9 Å². The fourth-order valence-electron chi connectivity index (χ4n) is 1.93. The van der Waals surface area contributed by atoms with Gasteiger partial charge in [-0.1, -0.05) is 6.07 Å². The van der Waals surface area contributed by atoms with Gasteiger partial charge in [0.1, 0.15) is 6.33 Å². The lowest BCUT2D eigenvalue weighted by Crippen LogP contribution is -2.29. The number of urea groups is 1. The molecule has 0 bridgehead atoms. The van der Waals surface area contributed by atoms with Crippen LogP contribution in [0.3, 0.4) is 0 Å². The van der Waals surface area contributed by atoms with E-state index in [1.165, 1.54) is 0 Å². The van der Waals surface area contributed by atoms with Crippen molar-refractivity contribution in [2.24, 2.45) is 0 Å². The number of amides is 2. The topological polar surface area (TPSA) is 112 Å². The third kappa shape index (κ3) is 4.97. The molecule has 9 nitrogen and oxygen atoms in total. The molecule has 0 spiro atoms. The maximum Gasteiger partial charge on any atom is 0.319 e. The Labute approximate surface area is 139 Å². The first-order chi connectivity index (χ1) is 11.5. The molecule has 0 aliphatic heterocycles. The summed E-state index contributed by atoms with van der Waals surface area (Å²) in [5.74, 6) is -0.292. The summed E-state index contributed by atoms with van der Waals surface area (Å²) >= 11 is 0. The Morgan fingerprint density at radius 2 is 2.12 bits per heavy atom. The minimum atomic E-state index is -0.880. The van der Waals surface area contributed by atoms with Gasteiger partial charge in [-0.05, 0) is 24.6 Å². The molecule has 0 saturated carbocycles. The largest absolute Gasteiger partial charge is 0.481 e. The van der Waals surface area contributed by atoms with Crippen LogP contribution in [0.2, 0.25) is 0 Å². The maximum atomic E-state index is 11.8. The number of carboxylic acids is 1. The number of nitrogens with zero attached hydrogens (tertiary/aromatic N) is 4. The lowest BCUT2D eigenvalue weighted by Gasteiger charge is -2.09. The van der Waals surface area contributed by atoms with Gasteiger partial charge >= 0.3 is 12.0 Å². The number of benzene rings is 1. The normalized spacial score (nSPS) is 10.2. The van der Waals surface area contributed by atoms with E-state index in [1.807, 2.05) is 20.2 Å². The van der Waals surface area contributed by atoms with Crippen molar-refractivity contribution < 1.29 is 14.7 Å². The minimum Gasteiger partial charge on any atom is -0.481 e. The van der Waals surface area contributed by atoms with Gasteiger partial charge in [0.05, 0.1) is 5.69 Å². The fraction of sp³-hybridized carbons (Fsp3) is 0.333. The smallest absolute Gasteiger partial charge is 0.319 e. The molecule has 3 N–H and O–H groups in total. The zero-order valence-corrected chi connectivity index (χ0v) is 13.6. The van der Waals surface area contributed by atoms with E-state index in [0.29, 0.717) is 24.6 Å². The van der Waals surface area contributed by atoms with Crippen molar-refractivity contribution in [1.29, 1.82) is 0 Å². The molecular formula is C15H20N6O3. The van der Waals surface area contributed by atoms with Gasteiger partial charge in [0.2, 0.25) is 5.95 Å². The summed E-state index contributed by atoms with van der Waals surface area (Å²) in [5, 5.41) is 18.2. The molecule has 0 saturated heterocycles. The molecular weight excluding hydrogens is 312 g/mol. The maximum absolute atomic E-state index is 11.8. The number of aromatic nitrogens is 3. The SMILES string of the molecule is CN(C)c1ncn(-c2cccc(NC(=O)NCCCC(=O)O)c2)n1. The Morgan fingerprint density at radius 1 is 1.33 bits per heavy atom. The van der Waals surface area contributed by atoms with Gasteiger partial charge in [0.25, 0.3) is 0 Å². The lowest BCUT2D eigenvalue weighted by atomic mass is 10.3. The van der Waals surface area contributed by atoms with Crippen LogP contribution in [0.4, 0.5) is 16.4 Å². The summed E-state index contributed by atoms with van der Waals surface area (Å²) in [4.78, 5) is 28.2. The molecule has 0 atom stereocenters. The molecule has 2 aromatic rings. The van der Waals surface area contributed by atoms with Crippen LogP contribution in [0.25, 0.3) is 5.69 Å². The lowest BCUT2D eigenvalue weighted by molar-refractivity contribution is -0.137. The van der Waals surface area contributed by atoms with Gasteiger partial charge < -0.3 is 20.6 Å². The summed E-state index contributed by atoms with van der Waals surface area (Å²) in [6.07, 6.45) is 2.01. The van der Waals surface area contributed by atoms with Crippen LogP contribution in [0.15, 0.2) is 30.6 Å². The van der Waals surface area contributed by atoms with Gasteiger partial charge in [0, 0.05) is 32.7 Å². The zero-order valence-electron chi connectivity index (χ0n) is 13.6. The van der Waals surface area contributed by atoms with Crippen LogP contribution >= 0.6 is 0 Å². The van der Waals surface area contributed by atoms with Crippen LogP contribution in [-0.4, -0.2) is 52.5 Å². The summed E-state index contributed by atoms with van der Waals surface area (Å²) in [5.41, 5.74) is 1.37. The van der Waals surface area contributed by atoms with Crippen molar-refractivity contribution in [3.05, 3.63) is 30.6 Å². The second-order valence-electron chi connectivity index (χ2n) is 5.31. The number of carbonyl (C=O) groups is 2.